The number of rotatable bonds is 3. The van der Waals surface area contributed by atoms with Crippen LogP contribution in [0.3, 0.4) is 0 Å². The molecule has 1 fully saturated rings. The standard InChI is InChI=1S/C27H29F3N4O4/c1-26(2,3)38-25(37)33-12-11-21(20(15-33)16-7-5-4-6-8-16)34-14-18-10-9-17(13-19(18)23(34)35)22(31)32-24(36)27(28,29)30/h4-10,13,20-21H,11-12,14-15H2,1-3H3,(H2,31,32,36). The Kier molecular flexibility index (Phi) is 7.22. The van der Waals surface area contributed by atoms with Crippen LogP contribution in [0.15, 0.2) is 48.5 Å². The lowest BCUT2D eigenvalue weighted by Crippen LogP contribution is -2.52. The number of nitrogens with zero attached hydrogens (tertiary/aromatic N) is 2. The van der Waals surface area contributed by atoms with Gasteiger partial charge in [-0.15, -0.1) is 0 Å². The highest BCUT2D eigenvalue weighted by atomic mass is 19.4. The van der Waals surface area contributed by atoms with E-state index >= 15 is 0 Å². The molecule has 0 saturated carbocycles. The van der Waals surface area contributed by atoms with Crippen LogP contribution in [-0.4, -0.2) is 64.5 Å². The number of halogens is 3. The Morgan fingerprint density at radius 3 is 2.39 bits per heavy atom. The predicted molar refractivity (Wildman–Crippen MR) is 133 cm³/mol. The first-order valence-electron chi connectivity index (χ1n) is 12.2. The van der Waals surface area contributed by atoms with Gasteiger partial charge in [-0.25, -0.2) is 4.79 Å². The summed E-state index contributed by atoms with van der Waals surface area (Å²) in [5.74, 6) is -3.50. The molecule has 2 aliphatic rings. The van der Waals surface area contributed by atoms with Gasteiger partial charge in [-0.05, 0) is 44.4 Å². The number of benzene rings is 2. The Bertz CT molecular complexity index is 1260. The summed E-state index contributed by atoms with van der Waals surface area (Å²) in [6.45, 7) is 6.43. The van der Waals surface area contributed by atoms with Crippen molar-refractivity contribution < 1.29 is 32.3 Å². The van der Waals surface area contributed by atoms with Gasteiger partial charge >= 0.3 is 18.2 Å². The number of fused-ring (bicyclic) bond motifs is 1. The van der Waals surface area contributed by atoms with E-state index in [1.54, 1.807) is 36.6 Å². The molecular formula is C27H29F3N4O4. The van der Waals surface area contributed by atoms with Crippen molar-refractivity contribution in [3.8, 4) is 0 Å². The average Bonchev–Trinajstić information content (AvgIpc) is 3.18. The zero-order valence-corrected chi connectivity index (χ0v) is 21.3. The van der Waals surface area contributed by atoms with E-state index in [2.05, 4.69) is 0 Å². The number of hydrogen-bond acceptors (Lipinski definition) is 5. The monoisotopic (exact) mass is 530 g/mol. The minimum atomic E-state index is -5.13. The third kappa shape index (κ3) is 5.81. The summed E-state index contributed by atoms with van der Waals surface area (Å²) in [6.07, 6.45) is -5.05. The minimum absolute atomic E-state index is 0.00379. The number of piperidine rings is 1. The minimum Gasteiger partial charge on any atom is -0.444 e. The van der Waals surface area contributed by atoms with Gasteiger partial charge in [0.05, 0.1) is 0 Å². The van der Waals surface area contributed by atoms with Gasteiger partial charge in [0.25, 0.3) is 5.91 Å². The van der Waals surface area contributed by atoms with Crippen LogP contribution in [0, 0.1) is 5.41 Å². The Balaban J connectivity index is 1.56. The van der Waals surface area contributed by atoms with Crippen molar-refractivity contribution in [3.05, 3.63) is 70.8 Å². The first kappa shape index (κ1) is 27.2. The van der Waals surface area contributed by atoms with Crippen molar-refractivity contribution in [2.45, 2.75) is 57.5 Å². The molecule has 2 heterocycles. The third-order valence-electron chi connectivity index (χ3n) is 6.58. The molecule has 8 nitrogen and oxygen atoms in total. The number of hydrogen-bond donors (Lipinski definition) is 2. The molecule has 2 atom stereocenters. The molecule has 1 saturated heterocycles. The fraction of sp³-hybridized carbons (Fsp3) is 0.407. The van der Waals surface area contributed by atoms with Crippen molar-refractivity contribution in [2.24, 2.45) is 0 Å². The van der Waals surface area contributed by atoms with Gasteiger partial charge in [-0.3, -0.25) is 15.0 Å². The molecular weight excluding hydrogens is 501 g/mol. The quantitative estimate of drug-likeness (QED) is 0.453. The van der Waals surface area contributed by atoms with Crippen LogP contribution in [0.5, 0.6) is 0 Å². The average molecular weight is 531 g/mol. The predicted octanol–water partition coefficient (Wildman–Crippen LogP) is 4.44. The molecule has 2 aromatic carbocycles. The number of carbonyl (C=O) groups is 3. The van der Waals surface area contributed by atoms with E-state index in [1.165, 1.54) is 17.4 Å². The molecule has 11 heteroatoms. The lowest BCUT2D eigenvalue weighted by Gasteiger charge is -2.43. The number of carbonyl (C=O) groups excluding carboxylic acids is 3. The molecule has 2 N–H and O–H groups in total. The fourth-order valence-electron chi connectivity index (χ4n) is 4.84. The van der Waals surface area contributed by atoms with Crippen LogP contribution < -0.4 is 5.32 Å². The van der Waals surface area contributed by atoms with Crippen molar-refractivity contribution in [2.75, 3.05) is 13.1 Å². The van der Waals surface area contributed by atoms with Crippen LogP contribution in [-0.2, 0) is 16.1 Å². The summed E-state index contributed by atoms with van der Waals surface area (Å²) in [6, 6.07) is 13.7. The van der Waals surface area contributed by atoms with Gasteiger partial charge in [0, 0.05) is 42.7 Å². The van der Waals surface area contributed by atoms with E-state index in [4.69, 9.17) is 10.1 Å². The summed E-state index contributed by atoms with van der Waals surface area (Å²) in [7, 11) is 0. The molecule has 38 heavy (non-hydrogen) atoms. The highest BCUT2D eigenvalue weighted by Gasteiger charge is 2.42. The van der Waals surface area contributed by atoms with Crippen molar-refractivity contribution in [1.29, 1.82) is 5.41 Å². The summed E-state index contributed by atoms with van der Waals surface area (Å²) in [5, 5.41) is 9.40. The smallest absolute Gasteiger partial charge is 0.444 e. The Labute approximate surface area is 218 Å². The van der Waals surface area contributed by atoms with E-state index in [9.17, 15) is 27.6 Å². The van der Waals surface area contributed by atoms with E-state index in [-0.39, 0.29) is 35.5 Å². The van der Waals surface area contributed by atoms with Gasteiger partial charge in [0.2, 0.25) is 0 Å². The van der Waals surface area contributed by atoms with Gasteiger partial charge in [-0.1, -0.05) is 42.5 Å². The summed E-state index contributed by atoms with van der Waals surface area (Å²) >= 11 is 0. The molecule has 0 bridgehead atoms. The van der Waals surface area contributed by atoms with Gasteiger partial charge in [0.1, 0.15) is 11.4 Å². The molecule has 2 unspecified atom stereocenters. The molecule has 202 valence electrons. The number of nitrogens with one attached hydrogen (secondary N) is 2. The van der Waals surface area contributed by atoms with Crippen molar-refractivity contribution in [1.82, 2.24) is 15.1 Å². The maximum absolute atomic E-state index is 13.5. The van der Waals surface area contributed by atoms with Crippen LogP contribution in [0.2, 0.25) is 0 Å². The van der Waals surface area contributed by atoms with Crippen LogP contribution in [0.25, 0.3) is 0 Å². The molecule has 0 radical (unpaired) electrons. The molecule has 2 aliphatic heterocycles. The van der Waals surface area contributed by atoms with E-state index in [0.717, 1.165) is 5.56 Å². The second-order valence-electron chi connectivity index (χ2n) is 10.4. The van der Waals surface area contributed by atoms with E-state index in [1.807, 2.05) is 30.3 Å². The second kappa shape index (κ2) is 10.1. The number of amidine groups is 1. The first-order valence-corrected chi connectivity index (χ1v) is 12.2. The lowest BCUT2D eigenvalue weighted by molar-refractivity contribution is -0.171. The van der Waals surface area contributed by atoms with E-state index < -0.39 is 29.6 Å². The number of alkyl halides is 3. The lowest BCUT2D eigenvalue weighted by atomic mass is 9.85. The maximum Gasteiger partial charge on any atom is 0.471 e. The third-order valence-corrected chi connectivity index (χ3v) is 6.58. The summed E-state index contributed by atoms with van der Waals surface area (Å²) < 4.78 is 43.4. The largest absolute Gasteiger partial charge is 0.471 e. The second-order valence-corrected chi connectivity index (χ2v) is 10.4. The van der Waals surface area contributed by atoms with Crippen molar-refractivity contribution in [3.63, 3.8) is 0 Å². The highest BCUT2D eigenvalue weighted by Crippen LogP contribution is 2.36. The molecule has 0 spiro atoms. The number of ether oxygens (including phenoxy) is 1. The van der Waals surface area contributed by atoms with Crippen LogP contribution in [0.1, 0.15) is 60.2 Å². The number of likely N-dealkylation sites (tertiary alicyclic amines) is 1. The SMILES string of the molecule is CC(C)(C)OC(=O)N1CCC(N2Cc3ccc(C(=N)NC(=O)C(F)(F)F)cc3C2=O)C(c2ccccc2)C1. The van der Waals surface area contributed by atoms with Crippen molar-refractivity contribution >= 4 is 23.7 Å². The zero-order valence-electron chi connectivity index (χ0n) is 21.3. The van der Waals surface area contributed by atoms with Gasteiger partial charge in [-0.2, -0.15) is 13.2 Å². The Hall–Kier alpha value is -3.89. The van der Waals surface area contributed by atoms with Gasteiger partial charge < -0.3 is 19.9 Å². The van der Waals surface area contributed by atoms with Gasteiger partial charge in [0.15, 0.2) is 0 Å². The normalized spacial score (nSPS) is 19.7. The highest BCUT2D eigenvalue weighted by molar-refractivity contribution is 6.09. The van der Waals surface area contributed by atoms with E-state index in [0.29, 0.717) is 25.1 Å². The zero-order chi connectivity index (χ0) is 27.8. The topological polar surface area (TPSA) is 103 Å². The number of amides is 3. The van der Waals surface area contributed by atoms with Crippen LogP contribution in [0.4, 0.5) is 18.0 Å². The molecule has 0 aromatic heterocycles. The van der Waals surface area contributed by atoms with Crippen LogP contribution >= 0.6 is 0 Å². The maximum atomic E-state index is 13.5. The molecule has 0 aliphatic carbocycles. The summed E-state index contributed by atoms with van der Waals surface area (Å²) in [4.78, 5) is 40.9. The fourth-order valence-corrected chi connectivity index (χ4v) is 4.84. The first-order chi connectivity index (χ1) is 17.7. The molecule has 2 aromatic rings. The molecule has 3 amide bonds. The Morgan fingerprint density at radius 2 is 1.76 bits per heavy atom. The molecule has 4 rings (SSSR count). The Morgan fingerprint density at radius 1 is 1.08 bits per heavy atom. The summed E-state index contributed by atoms with van der Waals surface area (Å²) in [5.41, 5.74) is 1.26.